The summed E-state index contributed by atoms with van der Waals surface area (Å²) < 4.78 is 5.88. The average molecular weight is 299 g/mol. The Labute approximate surface area is 129 Å². The molecule has 0 fully saturated rings. The predicted octanol–water partition coefficient (Wildman–Crippen LogP) is 2.61. The predicted molar refractivity (Wildman–Crippen MR) is 87.8 cm³/mol. The van der Waals surface area contributed by atoms with Crippen molar-refractivity contribution in [3.05, 3.63) is 51.4 Å². The number of benzene rings is 1. The smallest absolute Gasteiger partial charge is 0.200 e. The Hall–Kier alpha value is -1.91. The summed E-state index contributed by atoms with van der Waals surface area (Å²) in [6, 6.07) is 5.80. The van der Waals surface area contributed by atoms with Crippen LogP contribution >= 0.6 is 0 Å². The second-order valence-corrected chi connectivity index (χ2v) is 5.71. The van der Waals surface area contributed by atoms with Crippen molar-refractivity contribution in [2.24, 2.45) is 0 Å². The molecule has 1 atom stereocenters. The average Bonchev–Trinajstić information content (AvgIpc) is 2.56. The molecular formula is C18H21NO3. The molecule has 0 saturated heterocycles. The quantitative estimate of drug-likeness (QED) is 0.891. The van der Waals surface area contributed by atoms with Crippen molar-refractivity contribution in [1.82, 2.24) is 5.32 Å². The van der Waals surface area contributed by atoms with Gasteiger partial charge in [-0.2, -0.15) is 0 Å². The first-order valence-corrected chi connectivity index (χ1v) is 7.82. The van der Waals surface area contributed by atoms with E-state index >= 15 is 0 Å². The number of hydrogen-bond donors (Lipinski definition) is 2. The van der Waals surface area contributed by atoms with E-state index in [0.717, 1.165) is 30.6 Å². The molecule has 3 rings (SSSR count). The van der Waals surface area contributed by atoms with Crippen molar-refractivity contribution >= 4 is 17.0 Å². The van der Waals surface area contributed by atoms with Crippen LogP contribution in [0.15, 0.2) is 33.5 Å². The zero-order chi connectivity index (χ0) is 15.5. The van der Waals surface area contributed by atoms with Crippen LogP contribution in [0.5, 0.6) is 0 Å². The molecule has 1 aliphatic rings. The molecule has 1 heterocycles. The molecule has 22 heavy (non-hydrogen) atoms. The molecule has 0 aliphatic heterocycles. The third kappa shape index (κ3) is 2.85. The monoisotopic (exact) mass is 299 g/mol. The number of aliphatic hydroxyl groups is 1. The van der Waals surface area contributed by atoms with E-state index in [9.17, 15) is 9.90 Å². The molecular weight excluding hydrogens is 278 g/mol. The van der Waals surface area contributed by atoms with Crippen LogP contribution in [0.3, 0.4) is 0 Å². The van der Waals surface area contributed by atoms with Crippen LogP contribution in [-0.4, -0.2) is 17.8 Å². The van der Waals surface area contributed by atoms with E-state index in [1.807, 2.05) is 37.3 Å². The number of hydrogen-bond acceptors (Lipinski definition) is 4. The topological polar surface area (TPSA) is 62.5 Å². The second kappa shape index (κ2) is 6.46. The number of allylic oxidation sites excluding steroid dienone is 1. The summed E-state index contributed by atoms with van der Waals surface area (Å²) in [5.41, 5.74) is 2.40. The molecule has 0 saturated carbocycles. The fourth-order valence-corrected chi connectivity index (χ4v) is 2.78. The van der Waals surface area contributed by atoms with Gasteiger partial charge in [-0.1, -0.05) is 25.1 Å². The molecule has 0 bridgehead atoms. The van der Waals surface area contributed by atoms with Crippen LogP contribution in [0.1, 0.15) is 36.7 Å². The highest BCUT2D eigenvalue weighted by Crippen LogP contribution is 2.22. The summed E-state index contributed by atoms with van der Waals surface area (Å²) in [5, 5.41) is 13.1. The molecule has 0 radical (unpaired) electrons. The number of rotatable bonds is 5. The second-order valence-electron chi connectivity index (χ2n) is 5.71. The lowest BCUT2D eigenvalue weighted by molar-refractivity contribution is 0.238. The van der Waals surface area contributed by atoms with Gasteiger partial charge in [0.05, 0.1) is 17.6 Å². The summed E-state index contributed by atoms with van der Waals surface area (Å²) in [7, 11) is 0. The number of aryl methyl sites for hydroxylation is 1. The van der Waals surface area contributed by atoms with Crippen molar-refractivity contribution in [3.8, 4) is 0 Å². The van der Waals surface area contributed by atoms with Gasteiger partial charge in [0, 0.05) is 19.0 Å². The molecule has 1 aromatic heterocycles. The summed E-state index contributed by atoms with van der Waals surface area (Å²) in [6.07, 6.45) is 6.46. The van der Waals surface area contributed by atoms with Crippen LogP contribution in [0, 0.1) is 0 Å². The first-order chi connectivity index (χ1) is 10.7. The molecule has 0 amide bonds. The molecule has 1 aromatic carbocycles. The Morgan fingerprint density at radius 2 is 2.27 bits per heavy atom. The maximum absolute atomic E-state index is 12.6. The Kier molecular flexibility index (Phi) is 4.41. The van der Waals surface area contributed by atoms with Gasteiger partial charge in [0.25, 0.3) is 0 Å². The molecule has 4 nitrogen and oxygen atoms in total. The number of fused-ring (bicyclic) bond motifs is 2. The van der Waals surface area contributed by atoms with Crippen LogP contribution in [0.25, 0.3) is 17.0 Å². The standard InChI is InChI=1S/C18H21NO3/c1-2-13(11-20)19-10-12-7-8-17-15(9-12)18(21)14-5-3-4-6-16(14)22-17/h3,5,7-9,13,19-20H,2,4,6,10-11H2,1H3. The van der Waals surface area contributed by atoms with Crippen molar-refractivity contribution in [2.45, 2.75) is 38.8 Å². The van der Waals surface area contributed by atoms with Gasteiger partial charge in [0.2, 0.25) is 0 Å². The molecule has 1 unspecified atom stereocenters. The largest absolute Gasteiger partial charge is 0.460 e. The van der Waals surface area contributed by atoms with E-state index in [0.29, 0.717) is 23.1 Å². The van der Waals surface area contributed by atoms with E-state index in [2.05, 4.69) is 5.32 Å². The molecule has 4 heteroatoms. The molecule has 2 aromatic rings. The summed E-state index contributed by atoms with van der Waals surface area (Å²) >= 11 is 0. The van der Waals surface area contributed by atoms with Gasteiger partial charge in [-0.3, -0.25) is 4.79 Å². The van der Waals surface area contributed by atoms with E-state index in [4.69, 9.17) is 4.42 Å². The highest BCUT2D eigenvalue weighted by molar-refractivity contribution is 5.80. The summed E-state index contributed by atoms with van der Waals surface area (Å²) in [4.78, 5) is 12.6. The van der Waals surface area contributed by atoms with E-state index in [1.165, 1.54) is 0 Å². The van der Waals surface area contributed by atoms with Crippen LogP contribution in [0.4, 0.5) is 0 Å². The minimum atomic E-state index is 0.0447. The number of nitrogens with one attached hydrogen (secondary N) is 1. The lowest BCUT2D eigenvalue weighted by Gasteiger charge is -2.14. The van der Waals surface area contributed by atoms with Crippen LogP contribution in [-0.2, 0) is 13.0 Å². The van der Waals surface area contributed by atoms with Gasteiger partial charge in [0.1, 0.15) is 11.3 Å². The van der Waals surface area contributed by atoms with E-state index in [1.54, 1.807) is 0 Å². The Morgan fingerprint density at radius 1 is 1.41 bits per heavy atom. The van der Waals surface area contributed by atoms with Gasteiger partial charge in [-0.05, 0) is 30.5 Å². The normalized spacial score (nSPS) is 15.0. The van der Waals surface area contributed by atoms with Crippen molar-refractivity contribution in [1.29, 1.82) is 0 Å². The summed E-state index contributed by atoms with van der Waals surface area (Å²) in [6.45, 7) is 2.77. The third-order valence-corrected chi connectivity index (χ3v) is 4.20. The Bertz CT molecular complexity index is 757. The van der Waals surface area contributed by atoms with Gasteiger partial charge in [0.15, 0.2) is 5.43 Å². The van der Waals surface area contributed by atoms with E-state index in [-0.39, 0.29) is 18.1 Å². The van der Waals surface area contributed by atoms with Crippen LogP contribution < -0.4 is 10.7 Å². The first kappa shape index (κ1) is 15.0. The Morgan fingerprint density at radius 3 is 3.05 bits per heavy atom. The van der Waals surface area contributed by atoms with Gasteiger partial charge in [-0.15, -0.1) is 0 Å². The molecule has 1 aliphatic carbocycles. The first-order valence-electron chi connectivity index (χ1n) is 7.82. The zero-order valence-corrected chi connectivity index (χ0v) is 12.8. The molecule has 0 spiro atoms. The summed E-state index contributed by atoms with van der Waals surface area (Å²) in [5.74, 6) is 0.789. The fraction of sp³-hybridized carbons (Fsp3) is 0.389. The maximum atomic E-state index is 12.6. The van der Waals surface area contributed by atoms with Crippen LogP contribution in [0.2, 0.25) is 0 Å². The highest BCUT2D eigenvalue weighted by atomic mass is 16.3. The maximum Gasteiger partial charge on any atom is 0.200 e. The minimum absolute atomic E-state index is 0.0447. The number of aliphatic hydroxyl groups excluding tert-OH is 1. The van der Waals surface area contributed by atoms with Gasteiger partial charge < -0.3 is 14.8 Å². The lowest BCUT2D eigenvalue weighted by Crippen LogP contribution is -2.31. The van der Waals surface area contributed by atoms with E-state index < -0.39 is 0 Å². The zero-order valence-electron chi connectivity index (χ0n) is 12.8. The van der Waals surface area contributed by atoms with Crippen molar-refractivity contribution in [3.63, 3.8) is 0 Å². The minimum Gasteiger partial charge on any atom is -0.460 e. The highest BCUT2D eigenvalue weighted by Gasteiger charge is 2.15. The fourth-order valence-electron chi connectivity index (χ4n) is 2.78. The molecule has 2 N–H and O–H groups in total. The van der Waals surface area contributed by atoms with Gasteiger partial charge in [-0.25, -0.2) is 0 Å². The van der Waals surface area contributed by atoms with Gasteiger partial charge >= 0.3 is 0 Å². The SMILES string of the molecule is CCC(CO)NCc1ccc2oc3c(c(=O)c2c1)C=CCC3. The Balaban J connectivity index is 1.95. The molecule has 116 valence electrons. The third-order valence-electron chi connectivity index (χ3n) is 4.20. The van der Waals surface area contributed by atoms with Crippen molar-refractivity contribution in [2.75, 3.05) is 6.61 Å². The van der Waals surface area contributed by atoms with Crippen molar-refractivity contribution < 1.29 is 9.52 Å². The lowest BCUT2D eigenvalue weighted by atomic mass is 10.0.